The first kappa shape index (κ1) is 30.1. The van der Waals surface area contributed by atoms with Crippen LogP contribution in [-0.4, -0.2) is 48.2 Å². The Balaban J connectivity index is 1.75. The maximum absolute atomic E-state index is 13.9. The molecule has 2 aromatic carbocycles. The Labute approximate surface area is 234 Å². The number of fused-ring (bicyclic) bond motifs is 1. The van der Waals surface area contributed by atoms with Crippen LogP contribution in [0, 0.1) is 17.8 Å². The van der Waals surface area contributed by atoms with E-state index in [9.17, 15) is 36.3 Å². The van der Waals surface area contributed by atoms with Crippen molar-refractivity contribution in [2.75, 3.05) is 11.4 Å². The van der Waals surface area contributed by atoms with Crippen molar-refractivity contribution in [1.29, 1.82) is 0 Å². The molecule has 0 saturated heterocycles. The zero-order chi connectivity index (χ0) is 29.9. The number of amides is 3. The van der Waals surface area contributed by atoms with Crippen molar-refractivity contribution < 1.29 is 36.3 Å². The fourth-order valence-corrected chi connectivity index (χ4v) is 5.00. The number of nitrogens with one attached hydrogen (secondary N) is 1. The minimum absolute atomic E-state index is 0.229. The average molecular weight is 579 g/mol. The molecule has 0 bridgehead atoms. The predicted octanol–water partition coefficient (Wildman–Crippen LogP) is 4.83. The first-order valence-electron chi connectivity index (χ1n) is 13.3. The minimum atomic E-state index is -4.73. The van der Waals surface area contributed by atoms with E-state index in [1.807, 2.05) is 0 Å². The van der Waals surface area contributed by atoms with E-state index in [-0.39, 0.29) is 5.92 Å². The molecule has 0 radical (unpaired) electrons. The van der Waals surface area contributed by atoms with Gasteiger partial charge < -0.3 is 16.0 Å². The van der Waals surface area contributed by atoms with Gasteiger partial charge in [0.2, 0.25) is 23.9 Å². The average Bonchev–Trinajstić information content (AvgIpc) is 3.73. The highest BCUT2D eigenvalue weighted by Crippen LogP contribution is 2.36. The van der Waals surface area contributed by atoms with Gasteiger partial charge in [-0.1, -0.05) is 48.5 Å². The van der Waals surface area contributed by atoms with Gasteiger partial charge in [0, 0.05) is 30.5 Å². The Bertz CT molecular complexity index is 1310. The molecule has 2 aliphatic rings. The van der Waals surface area contributed by atoms with E-state index in [4.69, 9.17) is 5.73 Å². The third-order valence-electron chi connectivity index (χ3n) is 7.18. The van der Waals surface area contributed by atoms with Crippen LogP contribution in [0.3, 0.4) is 0 Å². The topological polar surface area (TPSA) is 105 Å². The molecule has 2 aromatic rings. The summed E-state index contributed by atoms with van der Waals surface area (Å²) < 4.78 is 67.3. The van der Waals surface area contributed by atoms with Gasteiger partial charge in [-0.05, 0) is 38.2 Å². The molecule has 1 aliphatic carbocycles. The molecule has 3 atom stereocenters. The fraction of sp³-hybridized carbons (Fsp3) is 0.448. The Kier molecular flexibility index (Phi) is 8.79. The lowest BCUT2D eigenvalue weighted by molar-refractivity contribution is -0.148. The van der Waals surface area contributed by atoms with Crippen LogP contribution in [0.4, 0.5) is 27.6 Å². The van der Waals surface area contributed by atoms with E-state index in [1.54, 1.807) is 54.6 Å². The van der Waals surface area contributed by atoms with Crippen LogP contribution in [0.1, 0.15) is 50.2 Å². The van der Waals surface area contributed by atoms with Crippen molar-refractivity contribution in [3.63, 3.8) is 0 Å². The molecule has 4 rings (SSSR count). The van der Waals surface area contributed by atoms with Gasteiger partial charge >= 0.3 is 6.18 Å². The van der Waals surface area contributed by atoms with E-state index in [2.05, 4.69) is 10.3 Å². The summed E-state index contributed by atoms with van der Waals surface area (Å²) in [5.74, 6) is -10.2. The fourth-order valence-electron chi connectivity index (χ4n) is 5.00. The van der Waals surface area contributed by atoms with Crippen LogP contribution >= 0.6 is 0 Å². The first-order valence-corrected chi connectivity index (χ1v) is 13.3. The Morgan fingerprint density at radius 2 is 1.66 bits per heavy atom. The lowest BCUT2D eigenvalue weighted by atomic mass is 9.83. The van der Waals surface area contributed by atoms with Crippen molar-refractivity contribution in [2.24, 2.45) is 28.5 Å². The maximum Gasteiger partial charge on any atom is 0.389 e. The second-order valence-electron chi connectivity index (χ2n) is 10.7. The third-order valence-corrected chi connectivity index (χ3v) is 7.18. The number of hydrogen-bond donors (Lipinski definition) is 2. The van der Waals surface area contributed by atoms with Gasteiger partial charge in [-0.2, -0.15) is 13.2 Å². The quantitative estimate of drug-likeness (QED) is 0.373. The van der Waals surface area contributed by atoms with Gasteiger partial charge in [0.25, 0.3) is 5.91 Å². The molecule has 1 heterocycles. The van der Waals surface area contributed by atoms with Crippen molar-refractivity contribution in [1.82, 2.24) is 5.32 Å². The van der Waals surface area contributed by atoms with Gasteiger partial charge in [0.15, 0.2) is 0 Å². The number of carbonyl (C=O) groups is 3. The summed E-state index contributed by atoms with van der Waals surface area (Å²) in [6, 6.07) is 15.9. The molecule has 220 valence electrons. The number of alkyl halides is 5. The number of anilines is 1. The molecule has 1 aliphatic heterocycles. The second kappa shape index (κ2) is 12.0. The minimum Gasteiger partial charge on any atom is -0.369 e. The molecule has 0 spiro atoms. The number of hydrogen-bond acceptors (Lipinski definition) is 4. The van der Waals surface area contributed by atoms with E-state index in [0.717, 1.165) is 12.8 Å². The molecule has 3 N–H and O–H groups in total. The Hall–Kier alpha value is -3.83. The number of nitrogens with two attached hydrogens (primary N) is 1. The smallest absolute Gasteiger partial charge is 0.369 e. The van der Waals surface area contributed by atoms with Crippen molar-refractivity contribution >= 4 is 29.1 Å². The highest BCUT2D eigenvalue weighted by molar-refractivity contribution is 6.20. The summed E-state index contributed by atoms with van der Waals surface area (Å²) in [7, 11) is 0. The standard InChI is InChI=1S/C29H31F5N4O3/c1-28(30,31)15-21(24(35)39)19(13-14-29(32,33)34)26(40)37-25-27(41)38(16-17-11-12-17)22-10-6-5-9-20(22)23(36-25)18-7-3-2-4-8-18/h2-10,17,19,21,25H,11-16H2,1H3,(H2,35,39)(H,37,40)/t19-,21+,25-/m1/s1. The van der Waals surface area contributed by atoms with Crippen molar-refractivity contribution in [2.45, 2.75) is 57.3 Å². The van der Waals surface area contributed by atoms with Crippen molar-refractivity contribution in [3.8, 4) is 0 Å². The highest BCUT2D eigenvalue weighted by Gasteiger charge is 2.43. The molecule has 12 heteroatoms. The van der Waals surface area contributed by atoms with Gasteiger partial charge in [0.05, 0.1) is 23.2 Å². The number of benzene rings is 2. The van der Waals surface area contributed by atoms with Gasteiger partial charge in [-0.25, -0.2) is 13.8 Å². The summed E-state index contributed by atoms with van der Waals surface area (Å²) in [6.45, 7) is 0.823. The number of benzodiazepines with no additional fused rings is 1. The first-order chi connectivity index (χ1) is 19.2. The SMILES string of the molecule is CC(F)(F)C[C@H](C(N)=O)[C@@H](CCC(F)(F)F)C(=O)N[C@H]1N=C(c2ccccc2)c2ccccc2N(CC2CC2)C1=O. The van der Waals surface area contributed by atoms with E-state index in [0.29, 0.717) is 36.0 Å². The van der Waals surface area contributed by atoms with Crippen LogP contribution < -0.4 is 16.0 Å². The summed E-state index contributed by atoms with van der Waals surface area (Å²) in [5.41, 5.74) is 7.45. The highest BCUT2D eigenvalue weighted by atomic mass is 19.4. The van der Waals surface area contributed by atoms with E-state index in [1.165, 1.54) is 4.90 Å². The number of aliphatic imine (C=N–C) groups is 1. The van der Waals surface area contributed by atoms with Crippen LogP contribution in [0.2, 0.25) is 0 Å². The molecule has 3 amide bonds. The molecular formula is C29H31F5N4O3. The zero-order valence-electron chi connectivity index (χ0n) is 22.3. The Morgan fingerprint density at radius 3 is 2.24 bits per heavy atom. The number of para-hydroxylation sites is 1. The summed E-state index contributed by atoms with van der Waals surface area (Å²) in [6.07, 6.45) is -8.22. The molecule has 0 aromatic heterocycles. The lowest BCUT2D eigenvalue weighted by Crippen LogP contribution is -2.51. The summed E-state index contributed by atoms with van der Waals surface area (Å²) >= 11 is 0. The van der Waals surface area contributed by atoms with E-state index >= 15 is 0 Å². The molecular weight excluding hydrogens is 547 g/mol. The second-order valence-corrected chi connectivity index (χ2v) is 10.7. The van der Waals surface area contributed by atoms with E-state index < -0.39 is 67.1 Å². The number of primary amides is 1. The van der Waals surface area contributed by atoms with Crippen LogP contribution in [0.25, 0.3) is 0 Å². The van der Waals surface area contributed by atoms with Gasteiger partial charge in [0.1, 0.15) is 0 Å². The monoisotopic (exact) mass is 578 g/mol. The molecule has 1 fully saturated rings. The number of halogens is 5. The van der Waals surface area contributed by atoms with Crippen LogP contribution in [-0.2, 0) is 14.4 Å². The van der Waals surface area contributed by atoms with Gasteiger partial charge in [-0.3, -0.25) is 14.4 Å². The summed E-state index contributed by atoms with van der Waals surface area (Å²) in [5, 5.41) is 2.39. The lowest BCUT2D eigenvalue weighted by Gasteiger charge is -2.29. The molecule has 0 unspecified atom stereocenters. The number of carbonyl (C=O) groups excluding carboxylic acids is 3. The number of rotatable bonds is 11. The predicted molar refractivity (Wildman–Crippen MR) is 142 cm³/mol. The normalized spacial score (nSPS) is 19.1. The largest absolute Gasteiger partial charge is 0.389 e. The maximum atomic E-state index is 13.9. The molecule has 1 saturated carbocycles. The van der Waals surface area contributed by atoms with Crippen molar-refractivity contribution in [3.05, 3.63) is 65.7 Å². The van der Waals surface area contributed by atoms with Crippen LogP contribution in [0.15, 0.2) is 59.6 Å². The third kappa shape index (κ3) is 7.89. The van der Waals surface area contributed by atoms with Crippen LogP contribution in [0.5, 0.6) is 0 Å². The summed E-state index contributed by atoms with van der Waals surface area (Å²) in [4.78, 5) is 45.6. The number of nitrogens with zero attached hydrogens (tertiary/aromatic N) is 2. The van der Waals surface area contributed by atoms with Gasteiger partial charge in [-0.15, -0.1) is 0 Å². The zero-order valence-corrected chi connectivity index (χ0v) is 22.3. The Morgan fingerprint density at radius 1 is 1.02 bits per heavy atom. The molecule has 7 nitrogen and oxygen atoms in total. The molecule has 41 heavy (non-hydrogen) atoms.